The third-order valence-corrected chi connectivity index (χ3v) is 17.9. The molecule has 3 aliphatic heterocycles. The molecule has 6 fully saturated rings. The second-order valence-electron chi connectivity index (χ2n) is 22.2. The van der Waals surface area contributed by atoms with Crippen LogP contribution >= 0.6 is 0 Å². The lowest BCUT2D eigenvalue weighted by Gasteiger charge is -2.60. The molecule has 380 valence electrons. The molecule has 3 saturated heterocycles. The lowest BCUT2D eigenvalue weighted by Crippen LogP contribution is -2.62. The van der Waals surface area contributed by atoms with E-state index in [4.69, 9.17) is 28.4 Å². The van der Waals surface area contributed by atoms with Gasteiger partial charge in [0.05, 0.1) is 37.6 Å². The number of ketones is 1. The minimum absolute atomic E-state index is 0.0191. The van der Waals surface area contributed by atoms with Crippen LogP contribution in [0.5, 0.6) is 0 Å². The Labute approximate surface area is 386 Å². The molecule has 3 saturated carbocycles. The van der Waals surface area contributed by atoms with Crippen LogP contribution < -0.4 is 0 Å². The summed E-state index contributed by atoms with van der Waals surface area (Å²) in [4.78, 5) is 14.7. The average Bonchev–Trinajstić information content (AvgIpc) is 3.55. The molecule has 3 heterocycles. The lowest BCUT2D eigenvalue weighted by atomic mass is 9.43. The van der Waals surface area contributed by atoms with Gasteiger partial charge in [-0.25, -0.2) is 0 Å². The highest BCUT2D eigenvalue weighted by atomic mass is 16.7. The van der Waals surface area contributed by atoms with Crippen molar-refractivity contribution < 1.29 is 94.5 Å². The minimum atomic E-state index is -1.69. The summed E-state index contributed by atoms with van der Waals surface area (Å²) < 4.78 is 35.0. The van der Waals surface area contributed by atoms with Gasteiger partial charge >= 0.3 is 0 Å². The lowest BCUT2D eigenvalue weighted by molar-refractivity contribution is -0.339. The Hall–Kier alpha value is -1.31. The summed E-state index contributed by atoms with van der Waals surface area (Å²) in [5.41, 5.74) is -1.15. The quantitative estimate of drug-likeness (QED) is 0.0907. The number of rotatable bonds is 14. The molecule has 0 bridgehead atoms. The molecule has 19 heteroatoms. The van der Waals surface area contributed by atoms with E-state index in [1.807, 2.05) is 13.8 Å². The SMILES string of the molecule is C[C@H](CCC(O)C(C)(C)O[C@@H]1O[C@H](CO)[C@@H](O)[C@H](O)[C@H]1O)[C@H]1CC[C@@]2(C)[C@@H]3CC=C4[C@@H](CC[C@H](O[C@@H]5O[C@H](CO[C@@H]6O[C@H](CO)[C@@H](O)[C@H](O)[C@H]6O)[C@@H](O)[C@H](O)[C@H]5O)C4(C)C)[C@H]3C(=O)C[C@]12C. The second-order valence-corrected chi connectivity index (χ2v) is 22.2. The van der Waals surface area contributed by atoms with Crippen molar-refractivity contribution >= 4 is 5.78 Å². The summed E-state index contributed by atoms with van der Waals surface area (Å²) in [6.07, 6.45) is -16.5. The Balaban J connectivity index is 0.984. The summed E-state index contributed by atoms with van der Waals surface area (Å²) in [6, 6.07) is 0. The van der Waals surface area contributed by atoms with Gasteiger partial charge < -0.3 is 89.7 Å². The summed E-state index contributed by atoms with van der Waals surface area (Å²) in [5.74, 6) is 0.526. The molecule has 0 aromatic heterocycles. The first-order valence-electron chi connectivity index (χ1n) is 24.0. The number of ether oxygens (including phenoxy) is 6. The summed E-state index contributed by atoms with van der Waals surface area (Å²) in [6.45, 7) is 12.5. The van der Waals surface area contributed by atoms with E-state index >= 15 is 0 Å². The first-order chi connectivity index (χ1) is 30.8. The number of fused-ring (bicyclic) bond motifs is 5. The molecule has 0 radical (unpaired) electrons. The van der Waals surface area contributed by atoms with Crippen LogP contribution in [0.2, 0.25) is 0 Å². The number of carbonyl (C=O) groups is 1. The molecule has 12 N–H and O–H groups in total. The van der Waals surface area contributed by atoms with E-state index in [0.29, 0.717) is 38.5 Å². The van der Waals surface area contributed by atoms with Gasteiger partial charge in [-0.1, -0.05) is 46.3 Å². The van der Waals surface area contributed by atoms with Crippen LogP contribution in [0.25, 0.3) is 0 Å². The standard InChI is InChI=1S/C47H78O19/c1-20(8-12-29(51)45(4,5)66-43-40(60)36(56)33(53)27(18-49)63-43)22-14-15-46(6)24-11-10-23-21(31(24)25(50)16-47(22,46)7)9-13-30(44(23,2)3)65-42-39(59)37(57)34(54)28(64-42)19-61-41-38(58)35(55)32(52)26(17-48)62-41/h10,20-22,24,26-43,48-49,51-60H,8-9,11-19H2,1-7H3/t20-,21-,22-,24-,26-,27-,28-,29?,30+,31-,32-,33-,34-,35+,36+,37+,38-,39-,40-,41-,42+,43+,46+,47-/m1/s1. The molecular weight excluding hydrogens is 868 g/mol. The zero-order chi connectivity index (χ0) is 48.6. The van der Waals surface area contributed by atoms with Crippen molar-refractivity contribution in [1.82, 2.24) is 0 Å². The molecule has 0 amide bonds. The van der Waals surface area contributed by atoms with Crippen molar-refractivity contribution in [2.24, 2.45) is 45.8 Å². The maximum absolute atomic E-state index is 14.7. The molecular formula is C47H78O19. The highest BCUT2D eigenvalue weighted by molar-refractivity contribution is 5.84. The maximum atomic E-state index is 14.7. The van der Waals surface area contributed by atoms with Gasteiger partial charge in [-0.3, -0.25) is 4.79 Å². The maximum Gasteiger partial charge on any atom is 0.187 e. The molecule has 1 unspecified atom stereocenters. The number of Topliss-reactive ketones (excluding diaryl/α,β-unsaturated/α-hetero) is 1. The largest absolute Gasteiger partial charge is 0.394 e. The number of aliphatic hydroxyl groups excluding tert-OH is 12. The average molecular weight is 947 g/mol. The molecule has 0 spiro atoms. The van der Waals surface area contributed by atoms with Gasteiger partial charge in [0.2, 0.25) is 0 Å². The van der Waals surface area contributed by atoms with E-state index in [2.05, 4.69) is 26.8 Å². The van der Waals surface area contributed by atoms with E-state index in [-0.39, 0.29) is 46.2 Å². The highest BCUT2D eigenvalue weighted by Gasteiger charge is 2.67. The molecule has 19 nitrogen and oxygen atoms in total. The van der Waals surface area contributed by atoms with Gasteiger partial charge in [-0.2, -0.15) is 0 Å². The fourth-order valence-corrected chi connectivity index (χ4v) is 13.4. The molecule has 7 aliphatic rings. The number of hydrogen-bond donors (Lipinski definition) is 12. The topological polar surface area (TPSA) is 315 Å². The van der Waals surface area contributed by atoms with Crippen LogP contribution in [0.15, 0.2) is 11.6 Å². The van der Waals surface area contributed by atoms with Crippen molar-refractivity contribution in [2.45, 2.75) is 210 Å². The predicted octanol–water partition coefficient (Wildman–Crippen LogP) is -1.24. The third-order valence-electron chi connectivity index (χ3n) is 17.9. The van der Waals surface area contributed by atoms with E-state index in [9.17, 15) is 66.1 Å². The fourth-order valence-electron chi connectivity index (χ4n) is 13.4. The van der Waals surface area contributed by atoms with Crippen LogP contribution in [0.3, 0.4) is 0 Å². The Morgan fingerprint density at radius 3 is 1.86 bits per heavy atom. The minimum Gasteiger partial charge on any atom is -0.394 e. The number of hydrogen-bond acceptors (Lipinski definition) is 19. The smallest absolute Gasteiger partial charge is 0.187 e. The molecule has 0 aromatic rings. The zero-order valence-corrected chi connectivity index (χ0v) is 39.3. The van der Waals surface area contributed by atoms with Crippen LogP contribution in [0.1, 0.15) is 99.8 Å². The summed E-state index contributed by atoms with van der Waals surface area (Å²) in [5, 5.41) is 125. The van der Waals surface area contributed by atoms with E-state index in [1.165, 1.54) is 0 Å². The van der Waals surface area contributed by atoms with Gasteiger partial charge in [-0.15, -0.1) is 0 Å². The normalized spacial score (nSPS) is 49.3. The monoisotopic (exact) mass is 947 g/mol. The predicted molar refractivity (Wildman–Crippen MR) is 229 cm³/mol. The highest BCUT2D eigenvalue weighted by Crippen LogP contribution is 2.71. The Kier molecular flexibility index (Phi) is 15.7. The van der Waals surface area contributed by atoms with Crippen molar-refractivity contribution in [3.63, 3.8) is 0 Å². The van der Waals surface area contributed by atoms with Crippen molar-refractivity contribution in [3.8, 4) is 0 Å². The van der Waals surface area contributed by atoms with Gasteiger partial charge in [0, 0.05) is 17.8 Å². The molecule has 24 atom stereocenters. The number of allylic oxidation sites excluding steroid dienone is 1. The number of aliphatic hydroxyl groups is 12. The van der Waals surface area contributed by atoms with E-state index < -0.39 is 135 Å². The van der Waals surface area contributed by atoms with Gasteiger partial charge in [0.1, 0.15) is 79.0 Å². The summed E-state index contributed by atoms with van der Waals surface area (Å²) >= 11 is 0. The molecule has 7 rings (SSSR count). The first-order valence-corrected chi connectivity index (χ1v) is 24.0. The Bertz CT molecular complexity index is 1710. The molecule has 4 aliphatic carbocycles. The van der Waals surface area contributed by atoms with Crippen molar-refractivity contribution in [3.05, 3.63) is 11.6 Å². The first kappa shape index (κ1) is 52.5. The Morgan fingerprint density at radius 2 is 1.26 bits per heavy atom. The van der Waals surface area contributed by atoms with Crippen LogP contribution in [0, 0.1) is 45.8 Å². The van der Waals surface area contributed by atoms with Crippen LogP contribution in [0.4, 0.5) is 0 Å². The van der Waals surface area contributed by atoms with Crippen LogP contribution in [-0.4, -0.2) is 197 Å². The fraction of sp³-hybridized carbons (Fsp3) is 0.936. The van der Waals surface area contributed by atoms with E-state index in [1.54, 1.807) is 13.8 Å². The third kappa shape index (κ3) is 9.13. The summed E-state index contributed by atoms with van der Waals surface area (Å²) in [7, 11) is 0. The molecule has 0 aromatic carbocycles. The number of carbonyl (C=O) groups excluding carboxylic acids is 1. The second kappa shape index (κ2) is 19.7. The van der Waals surface area contributed by atoms with Gasteiger partial charge in [0.25, 0.3) is 0 Å². The zero-order valence-electron chi connectivity index (χ0n) is 39.3. The van der Waals surface area contributed by atoms with Crippen molar-refractivity contribution in [1.29, 1.82) is 0 Å². The van der Waals surface area contributed by atoms with Gasteiger partial charge in [0.15, 0.2) is 18.9 Å². The van der Waals surface area contributed by atoms with Crippen molar-refractivity contribution in [2.75, 3.05) is 19.8 Å². The van der Waals surface area contributed by atoms with E-state index in [0.717, 1.165) is 18.4 Å². The Morgan fingerprint density at radius 1 is 0.712 bits per heavy atom. The molecule has 66 heavy (non-hydrogen) atoms. The van der Waals surface area contributed by atoms with Gasteiger partial charge in [-0.05, 0) is 93.3 Å². The van der Waals surface area contributed by atoms with Crippen LogP contribution in [-0.2, 0) is 33.2 Å².